The van der Waals surface area contributed by atoms with Gasteiger partial charge in [0.25, 0.3) is 0 Å². The zero-order chi connectivity index (χ0) is 26.0. The van der Waals surface area contributed by atoms with Crippen LogP contribution in [0.15, 0.2) is 65.6 Å². The smallest absolute Gasteiger partial charge is 0.244 e. The Morgan fingerprint density at radius 2 is 1.72 bits per heavy atom. The number of rotatable bonds is 6. The van der Waals surface area contributed by atoms with Crippen LogP contribution in [0.4, 0.5) is 11.4 Å². The number of fused-ring (bicyclic) bond motifs is 1. The summed E-state index contributed by atoms with van der Waals surface area (Å²) in [6.07, 6.45) is -0.330. The number of benzene rings is 3. The van der Waals surface area contributed by atoms with E-state index in [0.717, 1.165) is 11.1 Å². The van der Waals surface area contributed by atoms with E-state index < -0.39 is 26.9 Å². The molecule has 1 aliphatic rings. The van der Waals surface area contributed by atoms with Gasteiger partial charge >= 0.3 is 0 Å². The van der Waals surface area contributed by atoms with Gasteiger partial charge in [-0.1, -0.05) is 35.9 Å². The van der Waals surface area contributed by atoms with Gasteiger partial charge in [0.15, 0.2) is 21.3 Å². The van der Waals surface area contributed by atoms with Crippen LogP contribution >= 0.6 is 0 Å². The number of methoxy groups -OCH3 is 2. The van der Waals surface area contributed by atoms with Crippen molar-refractivity contribution in [2.75, 3.05) is 31.0 Å². The standard InChI is InChI=1S/C27H28N2O6S/c1-17-9-11-20(18(2)13-17)28-26(30)16-29-21-7-5-6-8-24(21)36(32,33)25(15-27(29)31)19-10-12-22(34-3)23(14-19)35-4/h5-14,25H,15-16H2,1-4H3,(H,28,30). The summed E-state index contributed by atoms with van der Waals surface area (Å²) in [6, 6.07) is 16.7. The Hall–Kier alpha value is -3.85. The predicted octanol–water partition coefficient (Wildman–Crippen LogP) is 4.21. The van der Waals surface area contributed by atoms with Crippen LogP contribution in [-0.4, -0.2) is 41.0 Å². The molecule has 1 aliphatic heterocycles. The van der Waals surface area contributed by atoms with Gasteiger partial charge in [-0.3, -0.25) is 9.59 Å². The van der Waals surface area contributed by atoms with Crippen molar-refractivity contribution in [3.8, 4) is 11.5 Å². The molecule has 1 N–H and O–H groups in total. The summed E-state index contributed by atoms with van der Waals surface area (Å²) in [5, 5.41) is 1.68. The summed E-state index contributed by atoms with van der Waals surface area (Å²) < 4.78 is 38.1. The molecule has 1 atom stereocenters. The maximum Gasteiger partial charge on any atom is 0.244 e. The third-order valence-electron chi connectivity index (χ3n) is 6.24. The van der Waals surface area contributed by atoms with Crippen LogP contribution < -0.4 is 19.7 Å². The van der Waals surface area contributed by atoms with Crippen molar-refractivity contribution in [3.05, 3.63) is 77.4 Å². The monoisotopic (exact) mass is 508 g/mol. The van der Waals surface area contributed by atoms with Crippen molar-refractivity contribution in [2.45, 2.75) is 30.4 Å². The predicted molar refractivity (Wildman–Crippen MR) is 137 cm³/mol. The number of ether oxygens (including phenoxy) is 2. The Kier molecular flexibility index (Phi) is 7.03. The van der Waals surface area contributed by atoms with Crippen LogP contribution in [0, 0.1) is 13.8 Å². The topological polar surface area (TPSA) is 102 Å². The molecule has 1 heterocycles. The van der Waals surface area contributed by atoms with Crippen molar-refractivity contribution in [2.24, 2.45) is 0 Å². The van der Waals surface area contributed by atoms with Crippen molar-refractivity contribution in [1.29, 1.82) is 0 Å². The molecule has 0 aromatic heterocycles. The summed E-state index contributed by atoms with van der Waals surface area (Å²) in [5.74, 6) is -0.0882. The van der Waals surface area contributed by atoms with Crippen LogP contribution in [0.3, 0.4) is 0 Å². The third kappa shape index (κ3) is 4.79. The molecule has 8 nitrogen and oxygen atoms in total. The fourth-order valence-electron chi connectivity index (χ4n) is 4.40. The van der Waals surface area contributed by atoms with Crippen LogP contribution in [0.25, 0.3) is 0 Å². The molecule has 36 heavy (non-hydrogen) atoms. The fourth-order valence-corrected chi connectivity index (χ4v) is 6.31. The number of aryl methyl sites for hydroxylation is 2. The molecule has 0 spiro atoms. The lowest BCUT2D eigenvalue weighted by molar-refractivity contribution is -0.121. The molecule has 9 heteroatoms. The van der Waals surface area contributed by atoms with Crippen molar-refractivity contribution in [1.82, 2.24) is 0 Å². The van der Waals surface area contributed by atoms with E-state index >= 15 is 0 Å². The number of nitrogens with zero attached hydrogens (tertiary/aromatic N) is 1. The zero-order valence-corrected chi connectivity index (χ0v) is 21.4. The largest absolute Gasteiger partial charge is 0.493 e. The molecule has 4 rings (SSSR count). The Labute approximate surface area is 210 Å². The van der Waals surface area contributed by atoms with Gasteiger partial charge in [0, 0.05) is 12.1 Å². The number of sulfone groups is 1. The number of para-hydroxylation sites is 1. The molecule has 188 valence electrons. The van der Waals surface area contributed by atoms with Gasteiger partial charge < -0.3 is 19.7 Å². The minimum absolute atomic E-state index is 0.00467. The highest BCUT2D eigenvalue weighted by Gasteiger charge is 2.40. The van der Waals surface area contributed by atoms with E-state index in [-0.39, 0.29) is 23.5 Å². The molecular weight excluding hydrogens is 480 g/mol. The van der Waals surface area contributed by atoms with Gasteiger partial charge in [-0.2, -0.15) is 0 Å². The molecule has 3 aromatic carbocycles. The number of amides is 2. The number of carbonyl (C=O) groups is 2. The maximum atomic E-state index is 13.8. The minimum atomic E-state index is -3.98. The van der Waals surface area contributed by atoms with Crippen molar-refractivity contribution >= 4 is 33.0 Å². The highest BCUT2D eigenvalue weighted by Crippen LogP contribution is 2.42. The first-order valence-corrected chi connectivity index (χ1v) is 12.9. The molecule has 1 unspecified atom stereocenters. The highest BCUT2D eigenvalue weighted by atomic mass is 32.2. The van der Waals surface area contributed by atoms with Crippen LogP contribution in [0.2, 0.25) is 0 Å². The van der Waals surface area contributed by atoms with Gasteiger partial charge in [0.05, 0.1) is 30.1 Å². The molecule has 0 aliphatic carbocycles. The lowest BCUT2D eigenvalue weighted by atomic mass is 10.1. The van der Waals surface area contributed by atoms with E-state index in [1.54, 1.807) is 42.5 Å². The number of anilines is 2. The Morgan fingerprint density at radius 3 is 2.42 bits per heavy atom. The normalized spacial score (nSPS) is 16.6. The van der Waals surface area contributed by atoms with Crippen molar-refractivity contribution < 1.29 is 27.5 Å². The SMILES string of the molecule is COc1ccc(C2CC(=O)N(CC(=O)Nc3ccc(C)cc3C)c3ccccc3S2(=O)=O)cc1OC. The van der Waals surface area contributed by atoms with Crippen molar-refractivity contribution in [3.63, 3.8) is 0 Å². The minimum Gasteiger partial charge on any atom is -0.493 e. The summed E-state index contributed by atoms with van der Waals surface area (Å²) in [7, 11) is -1.03. The Bertz CT molecular complexity index is 1430. The molecule has 0 saturated carbocycles. The number of hydrogen-bond acceptors (Lipinski definition) is 6. The van der Waals surface area contributed by atoms with E-state index in [4.69, 9.17) is 9.47 Å². The second kappa shape index (κ2) is 10.0. The molecule has 0 saturated heterocycles. The van der Waals surface area contributed by atoms with Gasteiger partial charge in [-0.25, -0.2) is 8.42 Å². The first-order valence-electron chi connectivity index (χ1n) is 11.4. The number of hydrogen-bond donors (Lipinski definition) is 1. The quantitative estimate of drug-likeness (QED) is 0.535. The second-order valence-electron chi connectivity index (χ2n) is 8.67. The number of nitrogens with one attached hydrogen (secondary N) is 1. The molecule has 0 bridgehead atoms. The summed E-state index contributed by atoms with van der Waals surface area (Å²) in [4.78, 5) is 27.7. The molecule has 0 fully saturated rings. The molecule has 0 radical (unpaired) electrons. The molecule has 2 amide bonds. The van der Waals surface area contributed by atoms with E-state index in [1.807, 2.05) is 26.0 Å². The third-order valence-corrected chi connectivity index (χ3v) is 8.38. The fraction of sp³-hybridized carbons (Fsp3) is 0.259. The van der Waals surface area contributed by atoms with Gasteiger partial charge in [-0.15, -0.1) is 0 Å². The lowest BCUT2D eigenvalue weighted by Gasteiger charge is -2.22. The first kappa shape index (κ1) is 25.2. The maximum absolute atomic E-state index is 13.8. The first-order chi connectivity index (χ1) is 17.1. The summed E-state index contributed by atoms with van der Waals surface area (Å²) in [6.45, 7) is 3.52. The zero-order valence-electron chi connectivity index (χ0n) is 20.6. The average molecular weight is 509 g/mol. The second-order valence-corrected chi connectivity index (χ2v) is 10.8. The Morgan fingerprint density at radius 1 is 1.00 bits per heavy atom. The van der Waals surface area contributed by atoms with Gasteiger partial charge in [0.1, 0.15) is 6.54 Å². The molecule has 3 aromatic rings. The van der Waals surface area contributed by atoms with E-state index in [2.05, 4.69) is 5.32 Å². The van der Waals surface area contributed by atoms with Gasteiger partial charge in [0.2, 0.25) is 11.8 Å². The van der Waals surface area contributed by atoms with E-state index in [0.29, 0.717) is 22.7 Å². The van der Waals surface area contributed by atoms with Gasteiger partial charge in [-0.05, 0) is 55.3 Å². The van der Waals surface area contributed by atoms with Crippen LogP contribution in [0.1, 0.15) is 28.4 Å². The van der Waals surface area contributed by atoms with Crippen LogP contribution in [-0.2, 0) is 19.4 Å². The molecular formula is C27H28N2O6S. The summed E-state index contributed by atoms with van der Waals surface area (Å²) >= 11 is 0. The Balaban J connectivity index is 1.71. The van der Waals surface area contributed by atoms with E-state index in [1.165, 1.54) is 25.2 Å². The average Bonchev–Trinajstić information content (AvgIpc) is 2.94. The van der Waals surface area contributed by atoms with Crippen LogP contribution in [0.5, 0.6) is 11.5 Å². The lowest BCUT2D eigenvalue weighted by Crippen LogP contribution is -2.38. The summed E-state index contributed by atoms with van der Waals surface area (Å²) in [5.41, 5.74) is 3.17. The van der Waals surface area contributed by atoms with E-state index in [9.17, 15) is 18.0 Å². The highest BCUT2D eigenvalue weighted by molar-refractivity contribution is 7.92. The number of carbonyl (C=O) groups excluding carboxylic acids is 2.